The van der Waals surface area contributed by atoms with E-state index < -0.39 is 0 Å². The standard InChI is InChI=1S/C32H54O4/c1-22(2)8-6-7-9-24-11-13-28-27-12-10-25-20-26(36-21-23(3)30(34)35-19-18-33)14-16-32(25,5)29(27)15-17-31(24,28)4/h10,22-24,26-29,33H,6-9,11-21H2,1-5H3. The number of esters is 1. The van der Waals surface area contributed by atoms with E-state index >= 15 is 0 Å². The molecule has 1 N–H and O–H groups in total. The second kappa shape index (κ2) is 11.9. The van der Waals surface area contributed by atoms with Crippen molar-refractivity contribution in [3.63, 3.8) is 0 Å². The van der Waals surface area contributed by atoms with Crippen LogP contribution in [0, 0.1) is 46.3 Å². The third kappa shape index (κ3) is 5.75. The first-order chi connectivity index (χ1) is 17.2. The number of carbonyl (C=O) groups excluding carboxylic acids is 1. The highest BCUT2D eigenvalue weighted by Crippen LogP contribution is 2.66. The van der Waals surface area contributed by atoms with Gasteiger partial charge in [0.15, 0.2) is 0 Å². The summed E-state index contributed by atoms with van der Waals surface area (Å²) in [5.41, 5.74) is 2.55. The van der Waals surface area contributed by atoms with Gasteiger partial charge in [0.25, 0.3) is 0 Å². The van der Waals surface area contributed by atoms with Crippen LogP contribution < -0.4 is 0 Å². The maximum atomic E-state index is 12.0. The number of hydrogen-bond acceptors (Lipinski definition) is 4. The molecule has 206 valence electrons. The summed E-state index contributed by atoms with van der Waals surface area (Å²) >= 11 is 0. The predicted octanol–water partition coefficient (Wildman–Crippen LogP) is 7.34. The summed E-state index contributed by atoms with van der Waals surface area (Å²) in [6.07, 6.45) is 18.9. The van der Waals surface area contributed by atoms with E-state index in [0.717, 1.165) is 42.4 Å². The Morgan fingerprint density at radius 3 is 2.64 bits per heavy atom. The summed E-state index contributed by atoms with van der Waals surface area (Å²) in [4.78, 5) is 12.0. The molecule has 0 saturated heterocycles. The van der Waals surface area contributed by atoms with E-state index in [-0.39, 0.29) is 31.2 Å². The van der Waals surface area contributed by atoms with Crippen LogP contribution in [0.4, 0.5) is 0 Å². The first-order valence-electron chi connectivity index (χ1n) is 15.3. The Morgan fingerprint density at radius 1 is 1.08 bits per heavy atom. The fourth-order valence-electron chi connectivity index (χ4n) is 8.93. The second-order valence-corrected chi connectivity index (χ2v) is 13.7. The van der Waals surface area contributed by atoms with Crippen LogP contribution in [0.25, 0.3) is 0 Å². The van der Waals surface area contributed by atoms with Crippen molar-refractivity contribution in [1.29, 1.82) is 0 Å². The molecule has 4 aliphatic carbocycles. The molecule has 0 spiro atoms. The van der Waals surface area contributed by atoms with Gasteiger partial charge in [0.1, 0.15) is 6.61 Å². The minimum Gasteiger partial charge on any atom is -0.463 e. The van der Waals surface area contributed by atoms with Crippen LogP contribution in [-0.2, 0) is 14.3 Å². The lowest BCUT2D eigenvalue weighted by Crippen LogP contribution is -2.50. The van der Waals surface area contributed by atoms with Crippen LogP contribution in [-0.4, -0.2) is 37.0 Å². The molecule has 0 radical (unpaired) electrons. The molecule has 4 nitrogen and oxygen atoms in total. The molecular weight excluding hydrogens is 448 g/mol. The normalized spacial score (nSPS) is 38.6. The van der Waals surface area contributed by atoms with Gasteiger partial charge in [0.05, 0.1) is 25.2 Å². The van der Waals surface area contributed by atoms with Gasteiger partial charge in [-0.3, -0.25) is 4.79 Å². The van der Waals surface area contributed by atoms with Crippen LogP contribution in [0.2, 0.25) is 0 Å². The van der Waals surface area contributed by atoms with E-state index in [1.807, 2.05) is 6.92 Å². The number of unbranched alkanes of at least 4 members (excludes halogenated alkanes) is 1. The summed E-state index contributed by atoms with van der Waals surface area (Å²) in [6, 6.07) is 0. The maximum absolute atomic E-state index is 12.0. The molecule has 0 aromatic rings. The van der Waals surface area contributed by atoms with Crippen molar-refractivity contribution in [2.75, 3.05) is 19.8 Å². The van der Waals surface area contributed by atoms with Gasteiger partial charge < -0.3 is 14.6 Å². The summed E-state index contributed by atoms with van der Waals surface area (Å²) < 4.78 is 11.3. The molecule has 8 unspecified atom stereocenters. The maximum Gasteiger partial charge on any atom is 0.311 e. The van der Waals surface area contributed by atoms with Crippen molar-refractivity contribution >= 4 is 5.97 Å². The minimum atomic E-state index is -0.286. The van der Waals surface area contributed by atoms with Crippen molar-refractivity contribution in [2.24, 2.45) is 46.3 Å². The van der Waals surface area contributed by atoms with Crippen molar-refractivity contribution in [3.8, 4) is 0 Å². The van der Waals surface area contributed by atoms with Crippen LogP contribution in [0.15, 0.2) is 11.6 Å². The highest BCUT2D eigenvalue weighted by atomic mass is 16.5. The first kappa shape index (κ1) is 28.1. The van der Waals surface area contributed by atoms with Crippen molar-refractivity contribution in [1.82, 2.24) is 0 Å². The fraction of sp³-hybridized carbons (Fsp3) is 0.906. The number of carbonyl (C=O) groups is 1. The molecule has 3 fully saturated rings. The van der Waals surface area contributed by atoms with Gasteiger partial charge >= 0.3 is 5.97 Å². The molecule has 0 aromatic carbocycles. The van der Waals surface area contributed by atoms with E-state index in [1.54, 1.807) is 5.57 Å². The van der Waals surface area contributed by atoms with Crippen molar-refractivity contribution in [2.45, 2.75) is 118 Å². The van der Waals surface area contributed by atoms with Gasteiger partial charge in [-0.25, -0.2) is 0 Å². The zero-order valence-electron chi connectivity index (χ0n) is 23.9. The Kier molecular flexibility index (Phi) is 9.30. The topological polar surface area (TPSA) is 55.8 Å². The lowest BCUT2D eigenvalue weighted by Gasteiger charge is -2.58. The molecule has 4 rings (SSSR count). The number of aliphatic hydroxyl groups is 1. The third-order valence-electron chi connectivity index (χ3n) is 11.2. The van der Waals surface area contributed by atoms with Gasteiger partial charge in [0, 0.05) is 0 Å². The molecule has 3 saturated carbocycles. The van der Waals surface area contributed by atoms with Gasteiger partial charge in [-0.2, -0.15) is 0 Å². The minimum absolute atomic E-state index is 0.0688. The predicted molar refractivity (Wildman–Crippen MR) is 145 cm³/mol. The van der Waals surface area contributed by atoms with Crippen LogP contribution >= 0.6 is 0 Å². The number of rotatable bonds is 11. The van der Waals surface area contributed by atoms with E-state index in [2.05, 4.69) is 33.8 Å². The molecular formula is C32H54O4. The lowest BCUT2D eigenvalue weighted by molar-refractivity contribution is -0.152. The monoisotopic (exact) mass is 502 g/mol. The summed E-state index contributed by atoms with van der Waals surface area (Å²) in [5.74, 6) is 3.86. The lowest BCUT2D eigenvalue weighted by atomic mass is 9.47. The number of aliphatic hydroxyl groups excluding tert-OH is 1. The third-order valence-corrected chi connectivity index (χ3v) is 11.2. The summed E-state index contributed by atoms with van der Waals surface area (Å²) in [7, 11) is 0. The molecule has 4 heteroatoms. The molecule has 0 heterocycles. The van der Waals surface area contributed by atoms with Crippen LogP contribution in [0.1, 0.15) is 112 Å². The Morgan fingerprint density at radius 2 is 1.89 bits per heavy atom. The second-order valence-electron chi connectivity index (χ2n) is 13.7. The average molecular weight is 503 g/mol. The molecule has 0 aromatic heterocycles. The van der Waals surface area contributed by atoms with Crippen molar-refractivity contribution < 1.29 is 19.4 Å². The molecule has 4 aliphatic rings. The zero-order valence-corrected chi connectivity index (χ0v) is 23.9. The fourth-order valence-corrected chi connectivity index (χ4v) is 8.93. The summed E-state index contributed by atoms with van der Waals surface area (Å²) in [6.45, 7) is 12.2. The van der Waals surface area contributed by atoms with E-state index in [1.165, 1.54) is 64.2 Å². The van der Waals surface area contributed by atoms with E-state index in [9.17, 15) is 4.79 Å². The first-order valence-corrected chi connectivity index (χ1v) is 15.3. The van der Waals surface area contributed by atoms with Crippen LogP contribution in [0.3, 0.4) is 0 Å². The molecule has 0 aliphatic heterocycles. The number of allylic oxidation sites excluding steroid dienone is 1. The number of hydrogen-bond donors (Lipinski definition) is 1. The molecule has 0 amide bonds. The average Bonchev–Trinajstić information content (AvgIpc) is 3.19. The Labute approximate surface area is 221 Å². The Balaban J connectivity index is 1.34. The van der Waals surface area contributed by atoms with Gasteiger partial charge in [0.2, 0.25) is 0 Å². The van der Waals surface area contributed by atoms with Gasteiger partial charge in [-0.05, 0) is 105 Å². The molecule has 0 bridgehead atoms. The quantitative estimate of drug-likeness (QED) is 0.182. The van der Waals surface area contributed by atoms with Crippen molar-refractivity contribution in [3.05, 3.63) is 11.6 Å². The van der Waals surface area contributed by atoms with Gasteiger partial charge in [-0.1, -0.05) is 58.6 Å². The number of fused-ring (bicyclic) bond motifs is 5. The Bertz CT molecular complexity index is 774. The molecule has 8 atom stereocenters. The number of ether oxygens (including phenoxy) is 2. The SMILES string of the molecule is CC(C)CCCCC1CCC2C3CC=C4CC(OCC(C)C(=O)OCCO)CCC4(C)C3CCC12C. The Hall–Kier alpha value is -0.870. The zero-order chi connectivity index (χ0) is 25.9. The van der Waals surface area contributed by atoms with E-state index in [0.29, 0.717) is 17.4 Å². The summed E-state index contributed by atoms with van der Waals surface area (Å²) in [5, 5.41) is 8.87. The smallest absolute Gasteiger partial charge is 0.311 e. The van der Waals surface area contributed by atoms with E-state index in [4.69, 9.17) is 14.6 Å². The highest BCUT2D eigenvalue weighted by Gasteiger charge is 2.58. The highest BCUT2D eigenvalue weighted by molar-refractivity contribution is 5.72. The largest absolute Gasteiger partial charge is 0.463 e. The molecule has 36 heavy (non-hydrogen) atoms. The van der Waals surface area contributed by atoms with Gasteiger partial charge in [-0.15, -0.1) is 0 Å². The van der Waals surface area contributed by atoms with Crippen LogP contribution in [0.5, 0.6) is 0 Å².